The number of hydrogen-bond acceptors (Lipinski definition) is 2. The summed E-state index contributed by atoms with van der Waals surface area (Å²) >= 11 is 6.10. The third-order valence-electron chi connectivity index (χ3n) is 4.91. The first-order valence-electron chi connectivity index (χ1n) is 7.49. The van der Waals surface area contributed by atoms with E-state index in [0.717, 1.165) is 19.3 Å². The Kier molecular flexibility index (Phi) is 4.18. The minimum Gasteiger partial charge on any atom is -0.480 e. The van der Waals surface area contributed by atoms with Crippen LogP contribution in [0.1, 0.15) is 37.7 Å². The molecule has 5 heteroatoms. The van der Waals surface area contributed by atoms with E-state index in [9.17, 15) is 14.3 Å². The van der Waals surface area contributed by atoms with E-state index in [2.05, 4.69) is 0 Å². The van der Waals surface area contributed by atoms with Gasteiger partial charge in [-0.1, -0.05) is 30.5 Å². The summed E-state index contributed by atoms with van der Waals surface area (Å²) < 4.78 is 14.0. The molecule has 1 aromatic carbocycles. The number of likely N-dealkylation sites (tertiary alicyclic amines) is 1. The van der Waals surface area contributed by atoms with E-state index >= 15 is 0 Å². The van der Waals surface area contributed by atoms with E-state index < -0.39 is 12.0 Å². The van der Waals surface area contributed by atoms with Crippen LogP contribution in [0.4, 0.5) is 4.39 Å². The number of fused-ring (bicyclic) bond motifs is 1. The highest BCUT2D eigenvalue weighted by molar-refractivity contribution is 6.31. The van der Waals surface area contributed by atoms with Gasteiger partial charge in [0.1, 0.15) is 11.9 Å². The second kappa shape index (κ2) is 5.93. The summed E-state index contributed by atoms with van der Waals surface area (Å²) in [5, 5.41) is 9.85. The molecule has 114 valence electrons. The van der Waals surface area contributed by atoms with Crippen molar-refractivity contribution in [2.24, 2.45) is 5.92 Å². The van der Waals surface area contributed by atoms with Crippen molar-refractivity contribution in [2.75, 3.05) is 0 Å². The van der Waals surface area contributed by atoms with Crippen LogP contribution < -0.4 is 0 Å². The van der Waals surface area contributed by atoms with Crippen molar-refractivity contribution in [3.8, 4) is 0 Å². The summed E-state index contributed by atoms with van der Waals surface area (Å²) in [6, 6.07) is 4.34. The average molecular weight is 312 g/mol. The zero-order valence-electron chi connectivity index (χ0n) is 11.8. The highest BCUT2D eigenvalue weighted by atomic mass is 35.5. The van der Waals surface area contributed by atoms with Gasteiger partial charge in [-0.3, -0.25) is 9.69 Å². The van der Waals surface area contributed by atoms with E-state index in [1.54, 1.807) is 12.1 Å². The molecule has 0 radical (unpaired) electrons. The number of hydrogen-bond donors (Lipinski definition) is 1. The van der Waals surface area contributed by atoms with Crippen LogP contribution in [0.5, 0.6) is 0 Å². The van der Waals surface area contributed by atoms with Crippen LogP contribution in [-0.4, -0.2) is 28.1 Å². The Morgan fingerprint density at radius 2 is 2.14 bits per heavy atom. The van der Waals surface area contributed by atoms with Crippen LogP contribution in [0.3, 0.4) is 0 Å². The zero-order valence-corrected chi connectivity index (χ0v) is 12.5. The van der Waals surface area contributed by atoms with E-state index in [1.807, 2.05) is 4.90 Å². The third kappa shape index (κ3) is 2.79. The van der Waals surface area contributed by atoms with Crippen LogP contribution in [0, 0.1) is 11.7 Å². The Hall–Kier alpha value is -1.13. The summed E-state index contributed by atoms with van der Waals surface area (Å²) in [6.45, 7) is 0.281. The van der Waals surface area contributed by atoms with Crippen molar-refractivity contribution in [3.63, 3.8) is 0 Å². The maximum absolute atomic E-state index is 14.0. The zero-order chi connectivity index (χ0) is 15.0. The molecule has 2 fully saturated rings. The number of rotatable bonds is 3. The normalized spacial score (nSPS) is 29.3. The molecule has 1 aliphatic heterocycles. The molecule has 21 heavy (non-hydrogen) atoms. The Labute approximate surface area is 128 Å². The quantitative estimate of drug-likeness (QED) is 0.925. The minimum atomic E-state index is -0.808. The second-order valence-corrected chi connectivity index (χ2v) is 6.48. The summed E-state index contributed by atoms with van der Waals surface area (Å²) in [7, 11) is 0. The number of aliphatic carboxylic acids is 1. The SMILES string of the molecule is O=C(O)[C@@H]1C[C@@H]2CCCC[C@@H]2N1Cc1c(F)cccc1Cl. The molecule has 3 atom stereocenters. The molecule has 1 saturated carbocycles. The van der Waals surface area contributed by atoms with Crippen molar-refractivity contribution in [1.29, 1.82) is 0 Å². The number of carboxylic acid groups (broad SMARTS) is 1. The lowest BCUT2D eigenvalue weighted by Gasteiger charge is -2.33. The average Bonchev–Trinajstić information content (AvgIpc) is 2.82. The maximum Gasteiger partial charge on any atom is 0.320 e. The molecular weight excluding hydrogens is 293 g/mol. The van der Waals surface area contributed by atoms with Gasteiger partial charge in [0.15, 0.2) is 0 Å². The molecule has 0 amide bonds. The molecule has 1 saturated heterocycles. The molecule has 1 N–H and O–H groups in total. The van der Waals surface area contributed by atoms with Gasteiger partial charge in [-0.15, -0.1) is 0 Å². The molecule has 0 aromatic heterocycles. The Morgan fingerprint density at radius 3 is 2.86 bits per heavy atom. The first-order valence-corrected chi connectivity index (χ1v) is 7.87. The van der Waals surface area contributed by atoms with Crippen LogP contribution in [-0.2, 0) is 11.3 Å². The lowest BCUT2D eigenvalue weighted by molar-refractivity contribution is -0.142. The minimum absolute atomic E-state index is 0.246. The fourth-order valence-electron chi connectivity index (χ4n) is 3.89. The predicted octanol–water partition coefficient (Wildman–Crippen LogP) is 3.70. The largest absolute Gasteiger partial charge is 0.480 e. The summed E-state index contributed by atoms with van der Waals surface area (Å²) in [5.74, 6) is -0.742. The number of halogens is 2. The van der Waals surface area contributed by atoms with Crippen LogP contribution in [0.15, 0.2) is 18.2 Å². The van der Waals surface area contributed by atoms with Gasteiger partial charge in [0.2, 0.25) is 0 Å². The fraction of sp³-hybridized carbons (Fsp3) is 0.562. The summed E-state index contributed by atoms with van der Waals surface area (Å²) in [4.78, 5) is 13.5. The maximum atomic E-state index is 14.0. The Balaban J connectivity index is 1.88. The van der Waals surface area contributed by atoms with Crippen molar-refractivity contribution in [2.45, 2.75) is 50.7 Å². The van der Waals surface area contributed by atoms with Gasteiger partial charge in [0, 0.05) is 23.2 Å². The number of nitrogens with zero attached hydrogens (tertiary/aromatic N) is 1. The molecular formula is C16H19ClFNO2. The molecule has 2 aliphatic rings. The van der Waals surface area contributed by atoms with Gasteiger partial charge in [0.05, 0.1) is 0 Å². The van der Waals surface area contributed by atoms with Gasteiger partial charge < -0.3 is 5.11 Å². The van der Waals surface area contributed by atoms with Crippen molar-refractivity contribution >= 4 is 17.6 Å². The molecule has 3 rings (SSSR count). The summed E-state index contributed by atoms with van der Waals surface area (Å²) in [6.07, 6.45) is 5.04. The molecule has 1 aromatic rings. The first kappa shape index (κ1) is 14.8. The Morgan fingerprint density at radius 1 is 1.38 bits per heavy atom. The lowest BCUT2D eigenvalue weighted by atomic mass is 9.84. The van der Waals surface area contributed by atoms with Crippen LogP contribution in [0.2, 0.25) is 5.02 Å². The Bertz CT molecular complexity index is 531. The van der Waals surface area contributed by atoms with Crippen LogP contribution in [0.25, 0.3) is 0 Å². The monoisotopic (exact) mass is 311 g/mol. The molecule has 0 unspecified atom stereocenters. The third-order valence-corrected chi connectivity index (χ3v) is 5.26. The fourth-order valence-corrected chi connectivity index (χ4v) is 4.11. The molecule has 0 bridgehead atoms. The van der Waals surface area contributed by atoms with E-state index in [4.69, 9.17) is 11.6 Å². The predicted molar refractivity (Wildman–Crippen MR) is 78.7 cm³/mol. The van der Waals surface area contributed by atoms with E-state index in [0.29, 0.717) is 22.9 Å². The molecule has 0 spiro atoms. The van der Waals surface area contributed by atoms with Gasteiger partial charge in [-0.05, 0) is 37.3 Å². The van der Waals surface area contributed by atoms with Crippen LogP contribution >= 0.6 is 11.6 Å². The molecule has 1 aliphatic carbocycles. The lowest BCUT2D eigenvalue weighted by Crippen LogP contribution is -2.41. The number of benzene rings is 1. The van der Waals surface area contributed by atoms with Gasteiger partial charge in [-0.25, -0.2) is 4.39 Å². The highest BCUT2D eigenvalue weighted by Gasteiger charge is 2.45. The molecule has 1 heterocycles. The number of carboxylic acids is 1. The standard InChI is InChI=1S/C16H19ClFNO2/c17-12-5-3-6-13(18)11(12)9-19-14-7-2-1-4-10(14)8-15(19)16(20)21/h3,5-6,10,14-15H,1-2,4,7-9H2,(H,20,21)/t10-,14-,15-/m0/s1. The smallest absolute Gasteiger partial charge is 0.320 e. The van der Waals surface area contributed by atoms with Gasteiger partial charge in [0.25, 0.3) is 0 Å². The molecule has 3 nitrogen and oxygen atoms in total. The van der Waals surface area contributed by atoms with Gasteiger partial charge in [-0.2, -0.15) is 0 Å². The topological polar surface area (TPSA) is 40.5 Å². The van der Waals surface area contributed by atoms with E-state index in [1.165, 1.54) is 12.5 Å². The van der Waals surface area contributed by atoms with E-state index in [-0.39, 0.29) is 18.4 Å². The summed E-state index contributed by atoms with van der Waals surface area (Å²) in [5.41, 5.74) is 0.414. The number of carbonyl (C=O) groups is 1. The second-order valence-electron chi connectivity index (χ2n) is 6.07. The van der Waals surface area contributed by atoms with Crippen molar-refractivity contribution in [3.05, 3.63) is 34.6 Å². The first-order chi connectivity index (χ1) is 10.1. The van der Waals surface area contributed by atoms with Crippen molar-refractivity contribution < 1.29 is 14.3 Å². The van der Waals surface area contributed by atoms with Crippen molar-refractivity contribution in [1.82, 2.24) is 4.90 Å². The highest BCUT2D eigenvalue weighted by Crippen LogP contribution is 2.41. The van der Waals surface area contributed by atoms with Gasteiger partial charge >= 0.3 is 5.97 Å².